The van der Waals surface area contributed by atoms with E-state index >= 15 is 0 Å². The van der Waals surface area contributed by atoms with Gasteiger partial charge in [0.2, 0.25) is 21.8 Å². The van der Waals surface area contributed by atoms with E-state index < -0.39 is 10.0 Å². The zero-order valence-electron chi connectivity index (χ0n) is 18.0. The Kier molecular flexibility index (Phi) is 6.88. The number of hydrogen-bond donors (Lipinski definition) is 1. The molecule has 0 bridgehead atoms. The SMILES string of the molecule is Cc1ccc(NC(=O)CN2C(=O)CSc3ccccc32)cc1S(=O)(=O)N1CCCCCC1. The summed E-state index contributed by atoms with van der Waals surface area (Å²) in [5.74, 6) is -0.216. The third-order valence-corrected chi connectivity index (χ3v) is 8.85. The first kappa shape index (κ1) is 22.8. The second-order valence-corrected chi connectivity index (χ2v) is 11.0. The Hall–Kier alpha value is -2.36. The largest absolute Gasteiger partial charge is 0.324 e. The van der Waals surface area contributed by atoms with Crippen LogP contribution in [-0.2, 0) is 19.6 Å². The van der Waals surface area contributed by atoms with Crippen LogP contribution in [0.5, 0.6) is 0 Å². The number of carbonyl (C=O) groups excluding carboxylic acids is 2. The predicted octanol–water partition coefficient (Wildman–Crippen LogP) is 3.64. The third-order valence-electron chi connectivity index (χ3n) is 5.76. The first-order valence-electron chi connectivity index (χ1n) is 10.8. The lowest BCUT2D eigenvalue weighted by Crippen LogP contribution is -2.41. The summed E-state index contributed by atoms with van der Waals surface area (Å²) in [5, 5.41) is 2.77. The molecule has 9 heteroatoms. The number of hydrogen-bond acceptors (Lipinski definition) is 5. The summed E-state index contributed by atoms with van der Waals surface area (Å²) >= 11 is 1.46. The highest BCUT2D eigenvalue weighted by Crippen LogP contribution is 2.34. The Morgan fingerprint density at radius 2 is 1.78 bits per heavy atom. The molecule has 1 fully saturated rings. The number of thioether (sulfide) groups is 1. The molecule has 1 N–H and O–H groups in total. The molecular formula is C23H27N3O4S2. The fourth-order valence-electron chi connectivity index (χ4n) is 4.05. The monoisotopic (exact) mass is 473 g/mol. The Bertz CT molecular complexity index is 1130. The molecule has 0 atom stereocenters. The zero-order valence-corrected chi connectivity index (χ0v) is 19.7. The van der Waals surface area contributed by atoms with Crippen molar-refractivity contribution in [2.75, 3.05) is 35.6 Å². The van der Waals surface area contributed by atoms with Gasteiger partial charge >= 0.3 is 0 Å². The highest BCUT2D eigenvalue weighted by atomic mass is 32.2. The highest BCUT2D eigenvalue weighted by molar-refractivity contribution is 8.00. The van der Waals surface area contributed by atoms with Crippen LogP contribution in [0, 0.1) is 6.92 Å². The van der Waals surface area contributed by atoms with Crippen LogP contribution in [-0.4, -0.2) is 49.9 Å². The van der Waals surface area contributed by atoms with Gasteiger partial charge in [-0.15, -0.1) is 11.8 Å². The van der Waals surface area contributed by atoms with Gasteiger partial charge in [0.1, 0.15) is 6.54 Å². The predicted molar refractivity (Wildman–Crippen MR) is 127 cm³/mol. The molecular weight excluding hydrogens is 446 g/mol. The van der Waals surface area contributed by atoms with E-state index in [-0.39, 0.29) is 29.0 Å². The molecule has 0 aliphatic carbocycles. The number of anilines is 2. The average Bonchev–Trinajstić information content (AvgIpc) is 3.07. The molecule has 0 saturated carbocycles. The number of nitrogens with one attached hydrogen (secondary N) is 1. The van der Waals surface area contributed by atoms with E-state index in [1.54, 1.807) is 23.4 Å². The molecule has 2 aliphatic heterocycles. The number of benzene rings is 2. The van der Waals surface area contributed by atoms with E-state index in [1.165, 1.54) is 22.7 Å². The van der Waals surface area contributed by atoms with Crippen LogP contribution in [0.1, 0.15) is 31.2 Å². The molecule has 32 heavy (non-hydrogen) atoms. The van der Waals surface area contributed by atoms with Crippen molar-refractivity contribution in [3.05, 3.63) is 48.0 Å². The maximum Gasteiger partial charge on any atom is 0.244 e. The molecule has 1 saturated heterocycles. The summed E-state index contributed by atoms with van der Waals surface area (Å²) in [4.78, 5) is 27.8. The third kappa shape index (κ3) is 4.84. The van der Waals surface area contributed by atoms with E-state index in [1.807, 2.05) is 24.3 Å². The van der Waals surface area contributed by atoms with Crippen LogP contribution in [0.3, 0.4) is 0 Å². The van der Waals surface area contributed by atoms with Gasteiger partial charge in [-0.05, 0) is 49.6 Å². The topological polar surface area (TPSA) is 86.8 Å². The number of aryl methyl sites for hydroxylation is 1. The molecule has 2 heterocycles. The van der Waals surface area contributed by atoms with Crippen LogP contribution in [0.25, 0.3) is 0 Å². The quantitative estimate of drug-likeness (QED) is 0.717. The van der Waals surface area contributed by atoms with Crippen LogP contribution < -0.4 is 10.2 Å². The smallest absolute Gasteiger partial charge is 0.244 e. The second kappa shape index (κ2) is 9.64. The van der Waals surface area contributed by atoms with Crippen LogP contribution >= 0.6 is 11.8 Å². The van der Waals surface area contributed by atoms with Crippen LogP contribution in [0.4, 0.5) is 11.4 Å². The molecule has 2 aromatic rings. The minimum atomic E-state index is -3.64. The Labute approximate surface area is 193 Å². The standard InChI is InChI=1S/C23H27N3O4S2/c1-17-10-11-18(14-21(17)32(29,30)25-12-6-2-3-7-13-25)24-22(27)15-26-19-8-4-5-9-20(19)31-16-23(26)28/h4-5,8-11,14H,2-3,6-7,12-13,15-16H2,1H3,(H,24,27). The number of fused-ring (bicyclic) bond motifs is 1. The molecule has 0 spiro atoms. The maximum absolute atomic E-state index is 13.3. The van der Waals surface area contributed by atoms with Crippen molar-refractivity contribution in [3.63, 3.8) is 0 Å². The van der Waals surface area contributed by atoms with Gasteiger partial charge in [0, 0.05) is 23.7 Å². The number of sulfonamides is 1. The molecule has 0 aromatic heterocycles. The van der Waals surface area contributed by atoms with Gasteiger partial charge in [-0.3, -0.25) is 9.59 Å². The Morgan fingerprint density at radius 1 is 1.06 bits per heavy atom. The van der Waals surface area contributed by atoms with Crippen molar-refractivity contribution >= 4 is 45.0 Å². The fourth-order valence-corrected chi connectivity index (χ4v) is 6.75. The van der Waals surface area contributed by atoms with E-state index in [2.05, 4.69) is 5.32 Å². The molecule has 2 aliphatic rings. The highest BCUT2D eigenvalue weighted by Gasteiger charge is 2.28. The lowest BCUT2D eigenvalue weighted by molar-refractivity contribution is -0.120. The molecule has 0 unspecified atom stereocenters. The van der Waals surface area contributed by atoms with Gasteiger partial charge in [-0.2, -0.15) is 4.31 Å². The summed E-state index contributed by atoms with van der Waals surface area (Å²) < 4.78 is 28.1. The first-order valence-corrected chi connectivity index (χ1v) is 13.2. The number of para-hydroxylation sites is 1. The molecule has 7 nitrogen and oxygen atoms in total. The van der Waals surface area contributed by atoms with E-state index in [0.29, 0.717) is 24.3 Å². The lowest BCUT2D eigenvalue weighted by atomic mass is 10.2. The minimum absolute atomic E-state index is 0.126. The number of carbonyl (C=O) groups is 2. The first-order chi connectivity index (χ1) is 15.4. The van der Waals surface area contributed by atoms with Gasteiger partial charge in [-0.25, -0.2) is 8.42 Å². The van der Waals surface area contributed by atoms with Crippen LogP contribution in [0.2, 0.25) is 0 Å². The summed E-state index contributed by atoms with van der Waals surface area (Å²) in [5.41, 5.74) is 1.77. The zero-order chi connectivity index (χ0) is 22.7. The van der Waals surface area contributed by atoms with Gasteiger partial charge in [0.15, 0.2) is 0 Å². The molecule has 2 aromatic carbocycles. The summed E-state index contributed by atoms with van der Waals surface area (Å²) in [7, 11) is -3.64. The van der Waals surface area contributed by atoms with Crippen molar-refractivity contribution in [1.82, 2.24) is 4.31 Å². The molecule has 4 rings (SSSR count). The maximum atomic E-state index is 13.3. The van der Waals surface area contributed by atoms with E-state index in [0.717, 1.165) is 36.3 Å². The number of rotatable bonds is 5. The summed E-state index contributed by atoms with van der Waals surface area (Å²) in [6, 6.07) is 12.4. The van der Waals surface area contributed by atoms with Gasteiger partial charge in [0.25, 0.3) is 0 Å². The normalized spacial score (nSPS) is 17.5. The molecule has 0 radical (unpaired) electrons. The van der Waals surface area contributed by atoms with E-state index in [4.69, 9.17) is 0 Å². The average molecular weight is 474 g/mol. The van der Waals surface area contributed by atoms with Crippen molar-refractivity contribution in [1.29, 1.82) is 0 Å². The Morgan fingerprint density at radius 3 is 2.53 bits per heavy atom. The van der Waals surface area contributed by atoms with Crippen LogP contribution in [0.15, 0.2) is 52.3 Å². The van der Waals surface area contributed by atoms with Crippen molar-refractivity contribution < 1.29 is 18.0 Å². The lowest BCUT2D eigenvalue weighted by Gasteiger charge is -2.28. The fraction of sp³-hybridized carbons (Fsp3) is 0.391. The number of nitrogens with zero attached hydrogens (tertiary/aromatic N) is 2. The number of amides is 2. The van der Waals surface area contributed by atoms with Crippen molar-refractivity contribution in [3.8, 4) is 0 Å². The van der Waals surface area contributed by atoms with Gasteiger partial charge in [0.05, 0.1) is 16.3 Å². The summed E-state index contributed by atoms with van der Waals surface area (Å²) in [6.07, 6.45) is 3.80. The molecule has 2 amide bonds. The van der Waals surface area contributed by atoms with Crippen molar-refractivity contribution in [2.24, 2.45) is 0 Å². The van der Waals surface area contributed by atoms with Gasteiger partial charge in [-0.1, -0.05) is 31.0 Å². The minimum Gasteiger partial charge on any atom is -0.324 e. The van der Waals surface area contributed by atoms with E-state index in [9.17, 15) is 18.0 Å². The van der Waals surface area contributed by atoms with Gasteiger partial charge < -0.3 is 10.2 Å². The Balaban J connectivity index is 1.52. The summed E-state index contributed by atoms with van der Waals surface area (Å²) in [6.45, 7) is 2.68. The second-order valence-electron chi connectivity index (χ2n) is 8.08. The van der Waals surface area contributed by atoms with Crippen molar-refractivity contribution in [2.45, 2.75) is 42.4 Å². The molecule has 170 valence electrons.